The van der Waals surface area contributed by atoms with Gasteiger partial charge < -0.3 is 20.3 Å². The zero-order chi connectivity index (χ0) is 25.6. The highest BCUT2D eigenvalue weighted by Crippen LogP contribution is 2.45. The van der Waals surface area contributed by atoms with E-state index in [1.165, 1.54) is 12.3 Å². The number of nitrogens with zero attached hydrogens (tertiary/aromatic N) is 6. The van der Waals surface area contributed by atoms with E-state index >= 15 is 0 Å². The average Bonchev–Trinajstić information content (AvgIpc) is 3.70. The van der Waals surface area contributed by atoms with Crippen molar-refractivity contribution in [3.8, 4) is 11.3 Å². The highest BCUT2D eigenvalue weighted by atomic mass is 19.1. The van der Waals surface area contributed by atoms with Crippen molar-refractivity contribution in [3.63, 3.8) is 0 Å². The molecular formula is C27H27FN8O. The fraction of sp³-hybridized carbons (Fsp3) is 0.370. The number of hydrogen-bond donors (Lipinski definition) is 3. The number of piperidine rings is 1. The lowest BCUT2D eigenvalue weighted by molar-refractivity contribution is -0.00541. The second-order valence-electron chi connectivity index (χ2n) is 9.97. The summed E-state index contributed by atoms with van der Waals surface area (Å²) in [4.78, 5) is 26.4. The Labute approximate surface area is 213 Å². The molecule has 4 aromatic heterocycles. The molecule has 1 saturated carbocycles. The Morgan fingerprint density at radius 1 is 1.19 bits per heavy atom. The maximum atomic E-state index is 13.8. The molecule has 1 saturated heterocycles. The SMILES string of the molecule is [C-]#[N+]c1cnc(NC(C)c2ccc(N3CCC(O)(C4CC4)CC3)nc2)nc1-c1c[nH]c2ncc(F)cc12. The number of halogens is 1. The Bertz CT molecular complexity index is 1480. The summed E-state index contributed by atoms with van der Waals surface area (Å²) >= 11 is 0. The van der Waals surface area contributed by atoms with Gasteiger partial charge in [-0.3, -0.25) is 0 Å². The van der Waals surface area contributed by atoms with E-state index in [0.29, 0.717) is 34.2 Å². The van der Waals surface area contributed by atoms with E-state index in [2.05, 4.69) is 40.0 Å². The summed E-state index contributed by atoms with van der Waals surface area (Å²) in [6.45, 7) is 11.1. The van der Waals surface area contributed by atoms with Gasteiger partial charge in [0.15, 0.2) is 0 Å². The molecule has 2 fully saturated rings. The third kappa shape index (κ3) is 4.47. The maximum absolute atomic E-state index is 13.8. The lowest BCUT2D eigenvalue weighted by Gasteiger charge is -2.39. The molecule has 3 N–H and O–H groups in total. The quantitative estimate of drug-likeness (QED) is 0.321. The molecular weight excluding hydrogens is 471 g/mol. The second kappa shape index (κ2) is 9.09. The predicted octanol–water partition coefficient (Wildman–Crippen LogP) is 5.02. The lowest BCUT2D eigenvalue weighted by atomic mass is 9.87. The summed E-state index contributed by atoms with van der Waals surface area (Å²) in [7, 11) is 0. The molecule has 0 bridgehead atoms. The number of pyridine rings is 2. The minimum absolute atomic E-state index is 0.142. The summed E-state index contributed by atoms with van der Waals surface area (Å²) in [6.07, 6.45) is 10.0. The molecule has 1 aliphatic heterocycles. The van der Waals surface area contributed by atoms with Gasteiger partial charge in [0, 0.05) is 42.6 Å². The summed E-state index contributed by atoms with van der Waals surface area (Å²) < 4.78 is 13.8. The van der Waals surface area contributed by atoms with Gasteiger partial charge in [-0.25, -0.2) is 29.2 Å². The first-order valence-corrected chi connectivity index (χ1v) is 12.5. The van der Waals surface area contributed by atoms with Crippen LogP contribution < -0.4 is 10.2 Å². The number of anilines is 2. The number of H-pyrrole nitrogens is 1. The molecule has 0 radical (unpaired) electrons. The van der Waals surface area contributed by atoms with Gasteiger partial charge in [0.2, 0.25) is 11.6 Å². The van der Waals surface area contributed by atoms with Crippen LogP contribution in [0.2, 0.25) is 0 Å². The molecule has 5 heterocycles. The first kappa shape index (κ1) is 23.3. The standard InChI is InChI=1S/C27H27FN8O/c1-16(17-3-6-23(30-12-17)36-9-7-27(37,8-10-36)18-4-5-18)34-26-33-15-22(29-2)24(35-26)21-14-32-25-20(21)11-19(28)13-31-25/h3,6,11-16,18,37H,4-5,7-10H2,1H3,(H,31,32)(H,33,34,35). The highest BCUT2D eigenvalue weighted by Gasteiger charge is 2.45. The molecule has 188 valence electrons. The number of fused-ring (bicyclic) bond motifs is 1. The Kier molecular flexibility index (Phi) is 5.72. The fourth-order valence-corrected chi connectivity index (χ4v) is 5.17. The maximum Gasteiger partial charge on any atom is 0.231 e. The Morgan fingerprint density at radius 2 is 2.00 bits per heavy atom. The van der Waals surface area contributed by atoms with Crippen molar-refractivity contribution in [1.82, 2.24) is 24.9 Å². The summed E-state index contributed by atoms with van der Waals surface area (Å²) in [5.41, 5.74) is 2.26. The molecule has 1 aliphatic carbocycles. The van der Waals surface area contributed by atoms with Gasteiger partial charge in [0.1, 0.15) is 17.3 Å². The third-order valence-corrected chi connectivity index (χ3v) is 7.55. The van der Waals surface area contributed by atoms with Gasteiger partial charge in [-0.15, -0.1) is 0 Å². The molecule has 0 spiro atoms. The monoisotopic (exact) mass is 498 g/mol. The van der Waals surface area contributed by atoms with Crippen LogP contribution in [-0.2, 0) is 0 Å². The molecule has 2 aliphatic rings. The van der Waals surface area contributed by atoms with Crippen molar-refractivity contribution in [3.05, 3.63) is 65.8 Å². The molecule has 1 atom stereocenters. The number of nitrogens with one attached hydrogen (secondary N) is 2. The van der Waals surface area contributed by atoms with E-state index in [0.717, 1.165) is 56.4 Å². The van der Waals surface area contributed by atoms with Crippen molar-refractivity contribution >= 4 is 28.5 Å². The van der Waals surface area contributed by atoms with E-state index in [4.69, 9.17) is 6.57 Å². The van der Waals surface area contributed by atoms with Crippen molar-refractivity contribution in [1.29, 1.82) is 0 Å². The topological polar surface area (TPSA) is 107 Å². The third-order valence-electron chi connectivity index (χ3n) is 7.55. The van der Waals surface area contributed by atoms with Gasteiger partial charge in [-0.2, -0.15) is 0 Å². The predicted molar refractivity (Wildman–Crippen MR) is 139 cm³/mol. The molecule has 9 nitrogen and oxygen atoms in total. The first-order chi connectivity index (χ1) is 17.9. The average molecular weight is 499 g/mol. The van der Waals surface area contributed by atoms with Crippen LogP contribution in [0.25, 0.3) is 27.1 Å². The van der Waals surface area contributed by atoms with Crippen LogP contribution in [0.4, 0.5) is 21.8 Å². The van der Waals surface area contributed by atoms with E-state index in [9.17, 15) is 9.50 Å². The molecule has 0 aromatic carbocycles. The van der Waals surface area contributed by atoms with Crippen LogP contribution in [0.5, 0.6) is 0 Å². The first-order valence-electron chi connectivity index (χ1n) is 12.5. The van der Waals surface area contributed by atoms with E-state index in [-0.39, 0.29) is 11.7 Å². The van der Waals surface area contributed by atoms with E-state index in [1.807, 2.05) is 25.3 Å². The van der Waals surface area contributed by atoms with Gasteiger partial charge >= 0.3 is 0 Å². The van der Waals surface area contributed by atoms with Gasteiger partial charge in [0.05, 0.1) is 30.1 Å². The molecule has 37 heavy (non-hydrogen) atoms. The highest BCUT2D eigenvalue weighted by molar-refractivity contribution is 5.96. The number of aliphatic hydroxyl groups is 1. The van der Waals surface area contributed by atoms with Crippen LogP contribution in [0, 0.1) is 18.3 Å². The summed E-state index contributed by atoms with van der Waals surface area (Å²) in [5.74, 6) is 1.29. The molecule has 1 unspecified atom stereocenters. The Hall–Kier alpha value is -4.10. The zero-order valence-electron chi connectivity index (χ0n) is 20.4. The van der Waals surface area contributed by atoms with Crippen LogP contribution in [0.15, 0.2) is 43.0 Å². The molecule has 4 aromatic rings. The summed E-state index contributed by atoms with van der Waals surface area (Å²) in [6, 6.07) is 5.28. The minimum atomic E-state index is -0.492. The van der Waals surface area contributed by atoms with Crippen LogP contribution >= 0.6 is 0 Å². The van der Waals surface area contributed by atoms with E-state index < -0.39 is 11.4 Å². The Balaban J connectivity index is 1.18. The van der Waals surface area contributed by atoms with Crippen molar-refractivity contribution < 1.29 is 9.50 Å². The number of hydrogen-bond acceptors (Lipinski definition) is 7. The largest absolute Gasteiger partial charge is 0.389 e. The Morgan fingerprint density at radius 3 is 2.70 bits per heavy atom. The second-order valence-corrected chi connectivity index (χ2v) is 9.97. The van der Waals surface area contributed by atoms with Crippen molar-refractivity contribution in [2.45, 2.75) is 44.2 Å². The minimum Gasteiger partial charge on any atom is -0.389 e. The molecule has 0 amide bonds. The number of rotatable bonds is 6. The van der Waals surface area contributed by atoms with Crippen LogP contribution in [0.3, 0.4) is 0 Å². The van der Waals surface area contributed by atoms with Gasteiger partial charge in [-0.1, -0.05) is 6.07 Å². The van der Waals surface area contributed by atoms with E-state index in [1.54, 1.807) is 6.20 Å². The fourth-order valence-electron chi connectivity index (χ4n) is 5.17. The smallest absolute Gasteiger partial charge is 0.231 e. The van der Waals surface area contributed by atoms with Gasteiger partial charge in [-0.05, 0) is 56.2 Å². The normalized spacial score (nSPS) is 17.9. The van der Waals surface area contributed by atoms with Crippen LogP contribution in [-0.4, -0.2) is 48.7 Å². The van der Waals surface area contributed by atoms with Crippen molar-refractivity contribution in [2.75, 3.05) is 23.3 Å². The van der Waals surface area contributed by atoms with Crippen molar-refractivity contribution in [2.24, 2.45) is 5.92 Å². The number of aromatic nitrogens is 5. The number of aromatic amines is 1. The molecule has 10 heteroatoms. The van der Waals surface area contributed by atoms with Gasteiger partial charge in [0.25, 0.3) is 0 Å². The summed E-state index contributed by atoms with van der Waals surface area (Å²) in [5, 5.41) is 14.6. The van der Waals surface area contributed by atoms with Crippen LogP contribution in [0.1, 0.15) is 44.2 Å². The zero-order valence-corrected chi connectivity index (χ0v) is 20.4. The molecule has 6 rings (SSSR count). The lowest BCUT2D eigenvalue weighted by Crippen LogP contribution is -2.46.